The third-order valence-corrected chi connectivity index (χ3v) is 4.97. The first-order chi connectivity index (χ1) is 8.90. The summed E-state index contributed by atoms with van der Waals surface area (Å²) in [6.07, 6.45) is 0. The lowest BCUT2D eigenvalue weighted by molar-refractivity contribution is 0.854. The van der Waals surface area contributed by atoms with Gasteiger partial charge < -0.3 is 5.73 Å². The van der Waals surface area contributed by atoms with Crippen molar-refractivity contribution >= 4 is 43.5 Å². The Bertz CT molecular complexity index is 626. The Morgan fingerprint density at radius 1 is 0.947 bits per heavy atom. The van der Waals surface area contributed by atoms with Crippen LogP contribution in [0.1, 0.15) is 28.3 Å². The van der Waals surface area contributed by atoms with Crippen LogP contribution in [0.15, 0.2) is 39.3 Å². The van der Waals surface area contributed by atoms with E-state index in [2.05, 4.69) is 50.9 Å². The highest BCUT2D eigenvalue weighted by Gasteiger charge is 2.16. The van der Waals surface area contributed by atoms with E-state index in [-0.39, 0.29) is 6.04 Å². The molecule has 4 heteroatoms. The monoisotopic (exact) mass is 401 g/mol. The molecule has 0 aliphatic heterocycles. The van der Waals surface area contributed by atoms with Gasteiger partial charge in [0.25, 0.3) is 0 Å². The minimum absolute atomic E-state index is 0.204. The zero-order valence-electron chi connectivity index (χ0n) is 10.7. The maximum atomic E-state index is 6.40. The van der Waals surface area contributed by atoms with Crippen molar-refractivity contribution in [2.45, 2.75) is 19.9 Å². The van der Waals surface area contributed by atoms with Gasteiger partial charge in [0, 0.05) is 14.0 Å². The normalized spacial score (nSPS) is 12.5. The molecule has 0 saturated heterocycles. The summed E-state index contributed by atoms with van der Waals surface area (Å²) in [4.78, 5) is 0. The third kappa shape index (κ3) is 3.22. The maximum absolute atomic E-state index is 6.40. The van der Waals surface area contributed by atoms with Crippen molar-refractivity contribution in [2.24, 2.45) is 5.73 Å². The molecule has 0 aliphatic carbocycles. The lowest BCUT2D eigenvalue weighted by atomic mass is 9.95. The van der Waals surface area contributed by atoms with Gasteiger partial charge in [0.1, 0.15) is 0 Å². The van der Waals surface area contributed by atoms with E-state index >= 15 is 0 Å². The van der Waals surface area contributed by atoms with Crippen LogP contribution in [0.25, 0.3) is 0 Å². The SMILES string of the molecule is Cc1cc(Br)c(C(N)c2cc(Cl)ccc2C)cc1Br. The van der Waals surface area contributed by atoms with Gasteiger partial charge in [0.15, 0.2) is 0 Å². The van der Waals surface area contributed by atoms with Crippen LogP contribution in [-0.4, -0.2) is 0 Å². The second kappa shape index (κ2) is 5.96. The summed E-state index contributed by atoms with van der Waals surface area (Å²) in [5.74, 6) is 0. The Kier molecular flexibility index (Phi) is 4.72. The lowest BCUT2D eigenvalue weighted by Gasteiger charge is -2.18. The van der Waals surface area contributed by atoms with Crippen LogP contribution in [0.5, 0.6) is 0 Å². The predicted molar refractivity (Wildman–Crippen MR) is 88.8 cm³/mol. The highest BCUT2D eigenvalue weighted by Crippen LogP contribution is 2.33. The Morgan fingerprint density at radius 3 is 2.32 bits per heavy atom. The molecule has 0 saturated carbocycles. The molecule has 1 nitrogen and oxygen atoms in total. The van der Waals surface area contributed by atoms with Gasteiger partial charge in [-0.25, -0.2) is 0 Å². The van der Waals surface area contributed by atoms with Crippen molar-refractivity contribution in [3.05, 3.63) is 66.6 Å². The summed E-state index contributed by atoms with van der Waals surface area (Å²) < 4.78 is 2.07. The number of hydrogen-bond acceptors (Lipinski definition) is 1. The first-order valence-electron chi connectivity index (χ1n) is 5.87. The summed E-state index contributed by atoms with van der Waals surface area (Å²) in [5, 5.41) is 0.707. The molecule has 0 radical (unpaired) electrons. The fourth-order valence-electron chi connectivity index (χ4n) is 2.01. The fraction of sp³-hybridized carbons (Fsp3) is 0.200. The summed E-state index contributed by atoms with van der Waals surface area (Å²) in [6, 6.07) is 9.73. The van der Waals surface area contributed by atoms with Gasteiger partial charge in [0.05, 0.1) is 6.04 Å². The third-order valence-electron chi connectivity index (χ3n) is 3.19. The van der Waals surface area contributed by atoms with Crippen LogP contribution in [0.4, 0.5) is 0 Å². The van der Waals surface area contributed by atoms with E-state index in [9.17, 15) is 0 Å². The quantitative estimate of drug-likeness (QED) is 0.701. The molecule has 0 bridgehead atoms. The molecular weight excluding hydrogens is 389 g/mol. The van der Waals surface area contributed by atoms with E-state index in [1.54, 1.807) is 0 Å². The van der Waals surface area contributed by atoms with Gasteiger partial charge in [-0.15, -0.1) is 0 Å². The standard InChI is InChI=1S/C15H14Br2ClN/c1-8-3-4-10(18)6-11(8)15(19)12-7-13(16)9(2)5-14(12)17/h3-7,15H,19H2,1-2H3. The van der Waals surface area contributed by atoms with Crippen molar-refractivity contribution < 1.29 is 0 Å². The molecule has 2 N–H and O–H groups in total. The van der Waals surface area contributed by atoms with Gasteiger partial charge in [-0.2, -0.15) is 0 Å². The summed E-state index contributed by atoms with van der Waals surface area (Å²) >= 11 is 13.2. The number of hydrogen-bond donors (Lipinski definition) is 1. The molecular formula is C15H14Br2ClN. The number of benzene rings is 2. The first-order valence-corrected chi connectivity index (χ1v) is 7.83. The highest BCUT2D eigenvalue weighted by molar-refractivity contribution is 9.11. The molecule has 2 aromatic carbocycles. The van der Waals surface area contributed by atoms with Crippen molar-refractivity contribution in [3.63, 3.8) is 0 Å². The summed E-state index contributed by atoms with van der Waals surface area (Å²) in [5.41, 5.74) is 10.8. The molecule has 100 valence electrons. The largest absolute Gasteiger partial charge is 0.320 e. The second-order valence-electron chi connectivity index (χ2n) is 4.60. The van der Waals surface area contributed by atoms with Crippen LogP contribution >= 0.6 is 43.5 Å². The van der Waals surface area contributed by atoms with Crippen molar-refractivity contribution in [1.29, 1.82) is 0 Å². The Hall–Kier alpha value is -0.350. The highest BCUT2D eigenvalue weighted by atomic mass is 79.9. The summed E-state index contributed by atoms with van der Waals surface area (Å²) in [7, 11) is 0. The van der Waals surface area contributed by atoms with E-state index in [0.29, 0.717) is 5.02 Å². The van der Waals surface area contributed by atoms with Crippen LogP contribution in [0, 0.1) is 13.8 Å². The average Bonchev–Trinajstić information content (AvgIpc) is 2.36. The molecule has 0 heterocycles. The van der Waals surface area contributed by atoms with Crippen LogP contribution in [-0.2, 0) is 0 Å². The molecule has 2 aromatic rings. The number of halogens is 3. The fourth-order valence-corrected chi connectivity index (χ4v) is 3.26. The molecule has 0 spiro atoms. The average molecular weight is 404 g/mol. The Balaban J connectivity index is 2.52. The lowest BCUT2D eigenvalue weighted by Crippen LogP contribution is -2.14. The van der Waals surface area contributed by atoms with Crippen LogP contribution in [0.2, 0.25) is 5.02 Å². The summed E-state index contributed by atoms with van der Waals surface area (Å²) in [6.45, 7) is 4.09. The smallest absolute Gasteiger partial charge is 0.0566 e. The molecule has 1 unspecified atom stereocenters. The van der Waals surface area contributed by atoms with Gasteiger partial charge in [-0.1, -0.05) is 49.5 Å². The van der Waals surface area contributed by atoms with E-state index in [1.807, 2.05) is 25.1 Å². The molecule has 0 aliphatic rings. The molecule has 0 amide bonds. The van der Waals surface area contributed by atoms with Crippen LogP contribution in [0.3, 0.4) is 0 Å². The molecule has 19 heavy (non-hydrogen) atoms. The number of aryl methyl sites for hydroxylation is 2. The van der Waals surface area contributed by atoms with Gasteiger partial charge in [-0.3, -0.25) is 0 Å². The van der Waals surface area contributed by atoms with Gasteiger partial charge in [-0.05, 0) is 60.4 Å². The van der Waals surface area contributed by atoms with Gasteiger partial charge >= 0.3 is 0 Å². The number of nitrogens with two attached hydrogens (primary N) is 1. The topological polar surface area (TPSA) is 26.0 Å². The van der Waals surface area contributed by atoms with Crippen LogP contribution < -0.4 is 5.73 Å². The molecule has 2 rings (SSSR count). The van der Waals surface area contributed by atoms with E-state index in [1.165, 1.54) is 5.56 Å². The van der Waals surface area contributed by atoms with E-state index in [4.69, 9.17) is 17.3 Å². The molecule has 0 aromatic heterocycles. The first kappa shape index (κ1) is 15.0. The zero-order valence-corrected chi connectivity index (χ0v) is 14.6. The molecule has 0 fully saturated rings. The van der Waals surface area contributed by atoms with Crippen molar-refractivity contribution in [2.75, 3.05) is 0 Å². The maximum Gasteiger partial charge on any atom is 0.0566 e. The van der Waals surface area contributed by atoms with E-state index in [0.717, 1.165) is 25.6 Å². The Labute approximate surface area is 135 Å². The zero-order chi connectivity index (χ0) is 14.2. The Morgan fingerprint density at radius 2 is 1.63 bits per heavy atom. The van der Waals surface area contributed by atoms with Crippen molar-refractivity contribution in [1.82, 2.24) is 0 Å². The minimum Gasteiger partial charge on any atom is -0.320 e. The predicted octanol–water partition coefficient (Wildman–Crippen LogP) is 5.53. The van der Waals surface area contributed by atoms with E-state index < -0.39 is 0 Å². The molecule has 1 atom stereocenters. The second-order valence-corrected chi connectivity index (χ2v) is 6.75. The minimum atomic E-state index is -0.204. The van der Waals surface area contributed by atoms with Gasteiger partial charge in [0.2, 0.25) is 0 Å². The number of rotatable bonds is 2. The van der Waals surface area contributed by atoms with Crippen molar-refractivity contribution in [3.8, 4) is 0 Å².